The van der Waals surface area contributed by atoms with Gasteiger partial charge in [-0.05, 0) is 12.1 Å². The minimum Gasteiger partial charge on any atom is -0.463 e. The Hall–Kier alpha value is -3.86. The van der Waals surface area contributed by atoms with Crippen LogP contribution in [0.5, 0.6) is 0 Å². The highest BCUT2D eigenvalue weighted by Gasteiger charge is 2.40. The number of ether oxygens (including phenoxy) is 3. The SMILES string of the molecule is CC(=O)OC[C@H]1O[C@@H](n2cnc3c(NC(=O)c4ccccc4)ncnc32)C[C@@H]1OC(C)=O. The molecule has 3 heterocycles. The lowest BCUT2D eigenvalue weighted by Crippen LogP contribution is -2.31. The van der Waals surface area contributed by atoms with Gasteiger partial charge >= 0.3 is 11.9 Å². The lowest BCUT2D eigenvalue weighted by molar-refractivity contribution is -0.155. The molecule has 0 aliphatic carbocycles. The van der Waals surface area contributed by atoms with Gasteiger partial charge in [-0.2, -0.15) is 0 Å². The Bertz CT molecular complexity index is 1150. The zero-order valence-electron chi connectivity index (χ0n) is 17.4. The first-order valence-electron chi connectivity index (χ1n) is 9.92. The number of amides is 1. The normalized spacial score (nSPS) is 20.1. The van der Waals surface area contributed by atoms with E-state index in [1.807, 2.05) is 6.07 Å². The molecule has 0 bridgehead atoms. The van der Waals surface area contributed by atoms with Crippen molar-refractivity contribution in [2.45, 2.75) is 38.7 Å². The minimum atomic E-state index is -0.635. The quantitative estimate of drug-likeness (QED) is 0.571. The molecule has 1 aliphatic heterocycles. The van der Waals surface area contributed by atoms with Crippen molar-refractivity contribution in [3.05, 3.63) is 48.5 Å². The Morgan fingerprint density at radius 2 is 1.91 bits per heavy atom. The number of nitrogens with zero attached hydrogens (tertiary/aromatic N) is 4. The number of carbonyl (C=O) groups is 3. The molecule has 166 valence electrons. The van der Waals surface area contributed by atoms with Crippen molar-refractivity contribution in [3.8, 4) is 0 Å². The van der Waals surface area contributed by atoms with E-state index in [1.165, 1.54) is 26.5 Å². The largest absolute Gasteiger partial charge is 0.463 e. The molecular formula is C21H21N5O6. The molecule has 1 amide bonds. The molecule has 1 N–H and O–H groups in total. The highest BCUT2D eigenvalue weighted by Crippen LogP contribution is 2.33. The second-order valence-corrected chi connectivity index (χ2v) is 7.18. The molecular weight excluding hydrogens is 418 g/mol. The van der Waals surface area contributed by atoms with Gasteiger partial charge in [-0.25, -0.2) is 15.0 Å². The fraction of sp³-hybridized carbons (Fsp3) is 0.333. The maximum Gasteiger partial charge on any atom is 0.303 e. The van der Waals surface area contributed by atoms with Crippen molar-refractivity contribution < 1.29 is 28.6 Å². The average Bonchev–Trinajstić information content (AvgIpc) is 3.37. The summed E-state index contributed by atoms with van der Waals surface area (Å²) in [6, 6.07) is 8.74. The number of carbonyl (C=O) groups excluding carboxylic acids is 3. The lowest BCUT2D eigenvalue weighted by atomic mass is 10.2. The molecule has 1 saturated heterocycles. The van der Waals surface area contributed by atoms with Crippen LogP contribution in [-0.4, -0.2) is 56.2 Å². The molecule has 0 saturated carbocycles. The predicted octanol–water partition coefficient (Wildman–Crippen LogP) is 1.86. The summed E-state index contributed by atoms with van der Waals surface area (Å²) in [5, 5.41) is 2.75. The fourth-order valence-corrected chi connectivity index (χ4v) is 3.48. The number of aromatic nitrogens is 4. The Labute approximate surface area is 182 Å². The number of nitrogens with one attached hydrogen (secondary N) is 1. The van der Waals surface area contributed by atoms with Crippen LogP contribution in [0.1, 0.15) is 36.9 Å². The minimum absolute atomic E-state index is 0.0518. The van der Waals surface area contributed by atoms with Crippen molar-refractivity contribution in [2.24, 2.45) is 0 Å². The van der Waals surface area contributed by atoms with Crippen LogP contribution in [-0.2, 0) is 23.8 Å². The van der Waals surface area contributed by atoms with Gasteiger partial charge in [0.1, 0.15) is 31.4 Å². The molecule has 1 aliphatic rings. The van der Waals surface area contributed by atoms with Crippen LogP contribution < -0.4 is 5.32 Å². The molecule has 11 heteroatoms. The van der Waals surface area contributed by atoms with Crippen LogP contribution in [0, 0.1) is 0 Å². The molecule has 0 radical (unpaired) electrons. The summed E-state index contributed by atoms with van der Waals surface area (Å²) in [6.07, 6.45) is 1.33. The first kappa shape index (κ1) is 21.4. The summed E-state index contributed by atoms with van der Waals surface area (Å²) >= 11 is 0. The summed E-state index contributed by atoms with van der Waals surface area (Å²) in [7, 11) is 0. The highest BCUT2D eigenvalue weighted by molar-refractivity contribution is 6.06. The van der Waals surface area contributed by atoms with Crippen molar-refractivity contribution in [1.29, 1.82) is 0 Å². The number of imidazole rings is 1. The number of rotatable bonds is 6. The fourth-order valence-electron chi connectivity index (χ4n) is 3.48. The van der Waals surface area contributed by atoms with Gasteiger partial charge in [0.15, 0.2) is 17.0 Å². The van der Waals surface area contributed by atoms with Crippen LogP contribution in [0.15, 0.2) is 43.0 Å². The van der Waals surface area contributed by atoms with Crippen molar-refractivity contribution >= 4 is 34.8 Å². The predicted molar refractivity (Wildman–Crippen MR) is 110 cm³/mol. The maximum atomic E-state index is 12.5. The molecule has 32 heavy (non-hydrogen) atoms. The standard InChI is InChI=1S/C21H21N5O6/c1-12(27)30-9-16-15(31-13(2)28)8-17(32-16)26-11-24-18-19(22-10-23-20(18)26)25-21(29)14-6-4-3-5-7-14/h3-7,10-11,15-17H,8-9H2,1-2H3,(H,22,23,25,29)/t15-,16+,17+/m0/s1. The van der Waals surface area contributed by atoms with Crippen LogP contribution in [0.3, 0.4) is 0 Å². The number of anilines is 1. The molecule has 3 atom stereocenters. The Balaban J connectivity index is 1.57. The molecule has 1 aromatic carbocycles. The van der Waals surface area contributed by atoms with E-state index < -0.39 is 30.4 Å². The van der Waals surface area contributed by atoms with E-state index in [1.54, 1.807) is 28.8 Å². The molecule has 1 fully saturated rings. The smallest absolute Gasteiger partial charge is 0.303 e. The Morgan fingerprint density at radius 3 is 2.62 bits per heavy atom. The number of benzene rings is 1. The zero-order valence-corrected chi connectivity index (χ0v) is 17.4. The summed E-state index contributed by atoms with van der Waals surface area (Å²) < 4.78 is 18.0. The highest BCUT2D eigenvalue weighted by atomic mass is 16.6. The van der Waals surface area contributed by atoms with Crippen molar-refractivity contribution in [3.63, 3.8) is 0 Å². The number of hydrogen-bond acceptors (Lipinski definition) is 9. The van der Waals surface area contributed by atoms with E-state index in [2.05, 4.69) is 20.3 Å². The van der Waals surface area contributed by atoms with E-state index in [9.17, 15) is 14.4 Å². The van der Waals surface area contributed by atoms with E-state index in [0.29, 0.717) is 23.1 Å². The van der Waals surface area contributed by atoms with Crippen LogP contribution in [0.25, 0.3) is 11.2 Å². The molecule has 4 rings (SSSR count). The molecule has 11 nitrogen and oxygen atoms in total. The maximum absolute atomic E-state index is 12.5. The third-order valence-electron chi connectivity index (χ3n) is 4.89. The summed E-state index contributed by atoms with van der Waals surface area (Å²) in [5.41, 5.74) is 1.30. The van der Waals surface area contributed by atoms with Gasteiger partial charge in [0.25, 0.3) is 5.91 Å². The van der Waals surface area contributed by atoms with Gasteiger partial charge in [0, 0.05) is 25.8 Å². The summed E-state index contributed by atoms with van der Waals surface area (Å²) in [6.45, 7) is 2.54. The van der Waals surface area contributed by atoms with Crippen LogP contribution >= 0.6 is 0 Å². The third kappa shape index (κ3) is 4.57. The van der Waals surface area contributed by atoms with Gasteiger partial charge < -0.3 is 19.5 Å². The van der Waals surface area contributed by atoms with Crippen LogP contribution in [0.2, 0.25) is 0 Å². The summed E-state index contributed by atoms with van der Waals surface area (Å²) in [5.74, 6) is -0.990. The van der Waals surface area contributed by atoms with Crippen molar-refractivity contribution in [1.82, 2.24) is 19.5 Å². The lowest BCUT2D eigenvalue weighted by Gasteiger charge is -2.17. The van der Waals surface area contributed by atoms with E-state index in [4.69, 9.17) is 14.2 Å². The Morgan fingerprint density at radius 1 is 1.12 bits per heavy atom. The van der Waals surface area contributed by atoms with E-state index in [0.717, 1.165) is 0 Å². The first-order chi connectivity index (χ1) is 15.4. The number of esters is 2. The van der Waals surface area contributed by atoms with E-state index in [-0.39, 0.29) is 18.3 Å². The van der Waals surface area contributed by atoms with Gasteiger partial charge in [0.2, 0.25) is 0 Å². The topological polar surface area (TPSA) is 135 Å². The summed E-state index contributed by atoms with van der Waals surface area (Å²) in [4.78, 5) is 48.0. The van der Waals surface area contributed by atoms with Gasteiger partial charge in [0.05, 0.1) is 6.33 Å². The molecule has 2 aromatic heterocycles. The number of hydrogen-bond donors (Lipinski definition) is 1. The average molecular weight is 439 g/mol. The van der Waals surface area contributed by atoms with E-state index >= 15 is 0 Å². The monoisotopic (exact) mass is 439 g/mol. The zero-order chi connectivity index (χ0) is 22.7. The first-order valence-corrected chi connectivity index (χ1v) is 9.92. The van der Waals surface area contributed by atoms with Crippen molar-refractivity contribution in [2.75, 3.05) is 11.9 Å². The molecule has 0 unspecified atom stereocenters. The molecule has 0 spiro atoms. The second kappa shape index (κ2) is 9.10. The van der Waals surface area contributed by atoms with Crippen LogP contribution in [0.4, 0.5) is 5.82 Å². The van der Waals surface area contributed by atoms with Gasteiger partial charge in [-0.15, -0.1) is 0 Å². The van der Waals surface area contributed by atoms with Gasteiger partial charge in [-0.3, -0.25) is 19.0 Å². The number of fused-ring (bicyclic) bond motifs is 1. The van der Waals surface area contributed by atoms with Gasteiger partial charge in [-0.1, -0.05) is 18.2 Å². The second-order valence-electron chi connectivity index (χ2n) is 7.18. The molecule has 3 aromatic rings. The third-order valence-corrected chi connectivity index (χ3v) is 4.89. The Kier molecular flexibility index (Phi) is 6.08.